The second kappa shape index (κ2) is 13.6. The van der Waals surface area contributed by atoms with E-state index in [1.165, 1.54) is 0 Å². The zero-order valence-corrected chi connectivity index (χ0v) is 23.2. The average Bonchev–Trinajstić information content (AvgIpc) is 3.07. The van der Waals surface area contributed by atoms with Gasteiger partial charge in [0.1, 0.15) is 36.9 Å². The Morgan fingerprint density at radius 2 is 1.25 bits per heavy atom. The molecule has 0 spiro atoms. The highest BCUT2D eigenvalue weighted by molar-refractivity contribution is 9.10. The van der Waals surface area contributed by atoms with Crippen molar-refractivity contribution in [3.63, 3.8) is 0 Å². The Kier molecular flexibility index (Phi) is 11.2. The quantitative estimate of drug-likeness (QED) is 0.333. The molecule has 192 valence electrons. The maximum atomic E-state index is 9.30. The van der Waals surface area contributed by atoms with Crippen LogP contribution in [-0.2, 0) is 18.8 Å². The molecule has 0 amide bonds. The smallest absolute Gasteiger partial charge is 0.490 e. The van der Waals surface area contributed by atoms with Gasteiger partial charge < -0.3 is 28.3 Å². The molecule has 0 bridgehead atoms. The summed E-state index contributed by atoms with van der Waals surface area (Å²) in [6.45, 7) is 9.85. The minimum absolute atomic E-state index is 0.404. The molecule has 10 heteroatoms. The zero-order valence-electron chi connectivity index (χ0n) is 21.6. The molecule has 1 aliphatic heterocycles. The summed E-state index contributed by atoms with van der Waals surface area (Å²) in [5.41, 5.74) is 0.990. The molecule has 0 N–H and O–H groups in total. The van der Waals surface area contributed by atoms with Gasteiger partial charge >= 0.3 is 7.12 Å². The molecule has 0 atom stereocenters. The first kappa shape index (κ1) is 29.6. The van der Waals surface area contributed by atoms with Gasteiger partial charge in [0.05, 0.1) is 35.5 Å². The summed E-state index contributed by atoms with van der Waals surface area (Å²) in [5.74, 6) is 1.13. The maximum absolute atomic E-state index is 9.30. The van der Waals surface area contributed by atoms with Crippen molar-refractivity contribution in [3.8, 4) is 23.6 Å². The molecule has 8 nitrogen and oxygen atoms in total. The monoisotopic (exact) mass is 558 g/mol. The van der Waals surface area contributed by atoms with E-state index in [1.807, 2.05) is 39.8 Å². The van der Waals surface area contributed by atoms with Crippen molar-refractivity contribution < 1.29 is 28.3 Å². The van der Waals surface area contributed by atoms with Gasteiger partial charge in [0.15, 0.2) is 0 Å². The normalized spacial score (nSPS) is 15.3. The first-order valence-corrected chi connectivity index (χ1v) is 12.2. The number of ether oxygens (including phenoxy) is 4. The van der Waals surface area contributed by atoms with E-state index in [9.17, 15) is 5.26 Å². The third-order valence-electron chi connectivity index (χ3n) is 5.80. The van der Waals surface area contributed by atoms with Crippen molar-refractivity contribution in [2.45, 2.75) is 38.9 Å². The van der Waals surface area contributed by atoms with Gasteiger partial charge in [-0.15, -0.1) is 0 Å². The number of hydrogen-bond acceptors (Lipinski definition) is 8. The third-order valence-corrected chi connectivity index (χ3v) is 6.29. The highest BCUT2D eigenvalue weighted by Crippen LogP contribution is 2.36. The number of halogens is 1. The van der Waals surface area contributed by atoms with Crippen LogP contribution in [0.2, 0.25) is 0 Å². The lowest BCUT2D eigenvalue weighted by Gasteiger charge is -2.32. The van der Waals surface area contributed by atoms with Crippen LogP contribution in [0.4, 0.5) is 0 Å². The largest absolute Gasteiger partial charge is 0.494 e. The molecular weight excluding hydrogens is 527 g/mol. The Labute approximate surface area is 222 Å². The molecule has 0 saturated carbocycles. The lowest BCUT2D eigenvalue weighted by molar-refractivity contribution is 0.00578. The fraction of sp³-hybridized carbons (Fsp3) is 0.462. The molecule has 0 radical (unpaired) electrons. The average molecular weight is 559 g/mol. The minimum atomic E-state index is -0.481. The van der Waals surface area contributed by atoms with E-state index in [-0.39, 0.29) is 0 Å². The Morgan fingerprint density at radius 1 is 0.778 bits per heavy atom. The fourth-order valence-corrected chi connectivity index (χ4v) is 3.43. The second-order valence-electron chi connectivity index (χ2n) is 8.89. The standard InChI is InChI=1S/C16H22BNO4.C10H10BrNO2/c1-15(2)16(3,4)22-17(21-15)13-6-7-14(12(10-13)11-18)20-9-8-19-5;1-13-4-5-14-10-3-2-9(11)6-8(10)7-12/h6-7,10H,8-9H2,1-5H3;2-3,6H,4-5H2,1H3. The van der Waals surface area contributed by atoms with Gasteiger partial charge in [-0.1, -0.05) is 22.0 Å². The predicted octanol–water partition coefficient (Wildman–Crippen LogP) is 4.23. The Bertz CT molecular complexity index is 1080. The predicted molar refractivity (Wildman–Crippen MR) is 140 cm³/mol. The molecule has 0 unspecified atom stereocenters. The molecule has 3 rings (SSSR count). The number of rotatable bonds is 9. The van der Waals surface area contributed by atoms with Gasteiger partial charge in [-0.05, 0) is 63.5 Å². The summed E-state index contributed by atoms with van der Waals surface area (Å²) in [5, 5.41) is 18.1. The van der Waals surface area contributed by atoms with Gasteiger partial charge in [-0.2, -0.15) is 10.5 Å². The van der Waals surface area contributed by atoms with Crippen molar-refractivity contribution in [2.24, 2.45) is 0 Å². The molecule has 0 aliphatic carbocycles. The highest BCUT2D eigenvalue weighted by Gasteiger charge is 2.51. The fourth-order valence-electron chi connectivity index (χ4n) is 3.07. The lowest BCUT2D eigenvalue weighted by atomic mass is 9.78. The molecule has 1 fully saturated rings. The van der Waals surface area contributed by atoms with Gasteiger partial charge in [-0.3, -0.25) is 0 Å². The number of nitriles is 2. The molecule has 36 heavy (non-hydrogen) atoms. The minimum Gasteiger partial charge on any atom is -0.490 e. The molecular formula is C26H32BBrN2O6. The summed E-state index contributed by atoms with van der Waals surface area (Å²) in [7, 11) is 2.73. The van der Waals surface area contributed by atoms with Crippen molar-refractivity contribution >= 4 is 28.5 Å². The van der Waals surface area contributed by atoms with Gasteiger partial charge in [-0.25, -0.2) is 0 Å². The van der Waals surface area contributed by atoms with Crippen LogP contribution in [0.3, 0.4) is 0 Å². The van der Waals surface area contributed by atoms with Crippen molar-refractivity contribution in [2.75, 3.05) is 40.6 Å². The van der Waals surface area contributed by atoms with E-state index in [0.717, 1.165) is 9.94 Å². The molecule has 1 saturated heterocycles. The van der Waals surface area contributed by atoms with Crippen molar-refractivity contribution in [3.05, 3.63) is 52.0 Å². The maximum Gasteiger partial charge on any atom is 0.494 e. The third kappa shape index (κ3) is 7.96. The summed E-state index contributed by atoms with van der Waals surface area (Å²) in [6, 6.07) is 14.9. The zero-order chi connectivity index (χ0) is 26.8. The van der Waals surface area contributed by atoms with Gasteiger partial charge in [0, 0.05) is 18.7 Å². The molecule has 2 aromatic carbocycles. The molecule has 2 aromatic rings. The van der Waals surface area contributed by atoms with Crippen LogP contribution in [0.5, 0.6) is 11.5 Å². The van der Waals surface area contributed by atoms with E-state index in [2.05, 4.69) is 28.1 Å². The summed E-state index contributed by atoms with van der Waals surface area (Å²) in [6.07, 6.45) is 0. The van der Waals surface area contributed by atoms with E-state index in [1.54, 1.807) is 38.5 Å². The van der Waals surface area contributed by atoms with Crippen LogP contribution < -0.4 is 14.9 Å². The Morgan fingerprint density at radius 3 is 1.72 bits per heavy atom. The SMILES string of the molecule is COCCOc1ccc(B2OC(C)(C)C(C)(C)O2)cc1C#N.COCCOc1ccc(Br)cc1C#N. The first-order chi connectivity index (χ1) is 17.1. The van der Waals surface area contributed by atoms with Crippen LogP contribution in [-0.4, -0.2) is 59.0 Å². The molecule has 1 heterocycles. The van der Waals surface area contributed by atoms with E-state index < -0.39 is 18.3 Å². The Hall–Kier alpha value is -2.60. The van der Waals surface area contributed by atoms with E-state index in [0.29, 0.717) is 49.1 Å². The number of methoxy groups -OCH3 is 2. The van der Waals surface area contributed by atoms with Crippen LogP contribution in [0, 0.1) is 22.7 Å². The van der Waals surface area contributed by atoms with Gasteiger partial charge in [0.2, 0.25) is 0 Å². The van der Waals surface area contributed by atoms with Crippen LogP contribution in [0.1, 0.15) is 38.8 Å². The molecule has 1 aliphatic rings. The Balaban J connectivity index is 0.000000281. The number of nitrogens with zero attached hydrogens (tertiary/aromatic N) is 2. The molecule has 0 aromatic heterocycles. The lowest BCUT2D eigenvalue weighted by Crippen LogP contribution is -2.41. The van der Waals surface area contributed by atoms with Crippen LogP contribution in [0.25, 0.3) is 0 Å². The number of hydrogen-bond donors (Lipinski definition) is 0. The van der Waals surface area contributed by atoms with Crippen molar-refractivity contribution in [1.82, 2.24) is 0 Å². The topological polar surface area (TPSA) is 103 Å². The van der Waals surface area contributed by atoms with Crippen molar-refractivity contribution in [1.29, 1.82) is 10.5 Å². The number of benzene rings is 2. The highest BCUT2D eigenvalue weighted by atomic mass is 79.9. The van der Waals surface area contributed by atoms with Crippen LogP contribution in [0.15, 0.2) is 40.9 Å². The van der Waals surface area contributed by atoms with E-state index >= 15 is 0 Å². The van der Waals surface area contributed by atoms with Crippen LogP contribution >= 0.6 is 15.9 Å². The van der Waals surface area contributed by atoms with Gasteiger partial charge in [0.25, 0.3) is 0 Å². The van der Waals surface area contributed by atoms with E-state index in [4.69, 9.17) is 33.5 Å². The second-order valence-corrected chi connectivity index (χ2v) is 9.81. The summed E-state index contributed by atoms with van der Waals surface area (Å²) in [4.78, 5) is 0. The summed E-state index contributed by atoms with van der Waals surface area (Å²) >= 11 is 3.29. The summed E-state index contributed by atoms with van der Waals surface area (Å²) < 4.78 is 33.5. The first-order valence-electron chi connectivity index (χ1n) is 11.4.